The van der Waals surface area contributed by atoms with E-state index >= 15 is 0 Å². The van der Waals surface area contributed by atoms with E-state index in [4.69, 9.17) is 9.47 Å². The molecule has 5 aromatic rings. The number of hydrogen-bond acceptors (Lipinski definition) is 7. The molecule has 0 spiro atoms. The number of nitrogens with zero attached hydrogens (tertiary/aromatic N) is 6. The van der Waals surface area contributed by atoms with Gasteiger partial charge in [-0.1, -0.05) is 54.6 Å². The van der Waals surface area contributed by atoms with Gasteiger partial charge in [0.25, 0.3) is 5.95 Å². The number of carbonyl (C=O) groups excluding carboxylic acids is 1. The monoisotopic (exact) mass is 454 g/mol. The van der Waals surface area contributed by atoms with Gasteiger partial charge in [0.1, 0.15) is 11.0 Å². The van der Waals surface area contributed by atoms with Gasteiger partial charge in [-0.2, -0.15) is 15.2 Å². The lowest BCUT2D eigenvalue weighted by molar-refractivity contribution is 0.0526. The van der Waals surface area contributed by atoms with Crippen LogP contribution in [-0.2, 0) is 11.3 Å². The maximum Gasteiger partial charge on any atom is 0.341 e. The molecule has 9 heteroatoms. The lowest BCUT2D eigenvalue weighted by Gasteiger charge is -2.12. The molecule has 0 aliphatic carbocycles. The lowest BCUT2D eigenvalue weighted by Crippen LogP contribution is -2.08. The fourth-order valence-electron chi connectivity index (χ4n) is 3.79. The summed E-state index contributed by atoms with van der Waals surface area (Å²) in [4.78, 5) is 21.1. The predicted octanol–water partition coefficient (Wildman–Crippen LogP) is 3.91. The second-order valence-corrected chi connectivity index (χ2v) is 7.49. The maximum absolute atomic E-state index is 12.0. The largest absolute Gasteiger partial charge is 0.479 e. The van der Waals surface area contributed by atoms with Crippen molar-refractivity contribution in [2.24, 2.45) is 0 Å². The minimum Gasteiger partial charge on any atom is -0.479 e. The van der Waals surface area contributed by atoms with Crippen LogP contribution in [0.3, 0.4) is 0 Å². The standard InChI is InChI=1S/C25H22N6O3/c1-3-34-24(32)19-13-26-31(16-19)25-28-21-14-27-30(22(21)23(29-25)33-2)15-18-11-7-8-12-20(18)17-9-5-4-6-10-17/h4-14,16H,3,15H2,1-2H3. The molecule has 5 rings (SSSR count). The second kappa shape index (κ2) is 9.14. The number of esters is 1. The molecule has 170 valence electrons. The Bertz CT molecular complexity index is 1460. The van der Waals surface area contributed by atoms with Crippen LogP contribution in [-0.4, -0.2) is 49.2 Å². The van der Waals surface area contributed by atoms with Crippen LogP contribution >= 0.6 is 0 Å². The summed E-state index contributed by atoms with van der Waals surface area (Å²) in [5.74, 6) is 0.179. The van der Waals surface area contributed by atoms with Gasteiger partial charge in [-0.3, -0.25) is 4.68 Å². The van der Waals surface area contributed by atoms with E-state index in [1.165, 1.54) is 17.1 Å². The number of aromatic nitrogens is 6. The summed E-state index contributed by atoms with van der Waals surface area (Å²) in [6.07, 6.45) is 4.62. The van der Waals surface area contributed by atoms with E-state index in [9.17, 15) is 4.79 Å². The van der Waals surface area contributed by atoms with Gasteiger partial charge in [0.05, 0.1) is 38.2 Å². The molecule has 0 aliphatic rings. The van der Waals surface area contributed by atoms with Gasteiger partial charge in [0.15, 0.2) is 0 Å². The van der Waals surface area contributed by atoms with Gasteiger partial charge in [0, 0.05) is 6.20 Å². The maximum atomic E-state index is 12.0. The third-order valence-electron chi connectivity index (χ3n) is 5.36. The fraction of sp³-hybridized carbons (Fsp3) is 0.160. The molecule has 0 saturated heterocycles. The van der Waals surface area contributed by atoms with Crippen molar-refractivity contribution in [3.05, 3.63) is 84.3 Å². The number of ether oxygens (including phenoxy) is 2. The Morgan fingerprint density at radius 1 is 0.971 bits per heavy atom. The Morgan fingerprint density at radius 2 is 1.76 bits per heavy atom. The zero-order valence-corrected chi connectivity index (χ0v) is 18.8. The molecule has 0 fully saturated rings. The molecule has 3 heterocycles. The average molecular weight is 454 g/mol. The van der Waals surface area contributed by atoms with E-state index < -0.39 is 5.97 Å². The van der Waals surface area contributed by atoms with Crippen molar-refractivity contribution in [1.29, 1.82) is 0 Å². The summed E-state index contributed by atoms with van der Waals surface area (Å²) in [7, 11) is 1.55. The minimum absolute atomic E-state index is 0.268. The van der Waals surface area contributed by atoms with Gasteiger partial charge >= 0.3 is 5.97 Å². The first-order valence-corrected chi connectivity index (χ1v) is 10.8. The minimum atomic E-state index is -0.452. The molecule has 0 aliphatic heterocycles. The molecule has 0 unspecified atom stereocenters. The molecule has 0 amide bonds. The van der Waals surface area contributed by atoms with E-state index in [0.717, 1.165) is 16.7 Å². The van der Waals surface area contributed by atoms with Crippen molar-refractivity contribution in [2.75, 3.05) is 13.7 Å². The van der Waals surface area contributed by atoms with Gasteiger partial charge < -0.3 is 9.47 Å². The normalized spacial score (nSPS) is 11.0. The Kier molecular flexibility index (Phi) is 5.73. The number of methoxy groups -OCH3 is 1. The van der Waals surface area contributed by atoms with Crippen LogP contribution in [0.4, 0.5) is 0 Å². The first-order valence-electron chi connectivity index (χ1n) is 10.8. The third kappa shape index (κ3) is 3.99. The summed E-state index contributed by atoms with van der Waals surface area (Å²) < 4.78 is 13.9. The van der Waals surface area contributed by atoms with Crippen LogP contribution in [0.25, 0.3) is 28.1 Å². The van der Waals surface area contributed by atoms with Gasteiger partial charge in [-0.05, 0) is 23.6 Å². The van der Waals surface area contributed by atoms with Crippen LogP contribution in [0, 0.1) is 0 Å². The Hall–Kier alpha value is -4.53. The molecular weight excluding hydrogens is 432 g/mol. The quantitative estimate of drug-likeness (QED) is 0.344. The van der Waals surface area contributed by atoms with Crippen LogP contribution in [0.2, 0.25) is 0 Å². The first-order chi connectivity index (χ1) is 16.7. The average Bonchev–Trinajstić information content (AvgIpc) is 3.53. The number of benzene rings is 2. The third-order valence-corrected chi connectivity index (χ3v) is 5.36. The topological polar surface area (TPSA) is 97.0 Å². The number of hydrogen-bond donors (Lipinski definition) is 0. The Balaban J connectivity index is 1.52. The first kappa shape index (κ1) is 21.3. The van der Waals surface area contributed by atoms with Gasteiger partial charge in [-0.25, -0.2) is 14.5 Å². The highest BCUT2D eigenvalue weighted by Crippen LogP contribution is 2.28. The van der Waals surface area contributed by atoms with Gasteiger partial charge in [-0.15, -0.1) is 0 Å². The highest BCUT2D eigenvalue weighted by molar-refractivity contribution is 5.88. The van der Waals surface area contributed by atoms with Crippen molar-refractivity contribution in [1.82, 2.24) is 29.5 Å². The summed E-state index contributed by atoms with van der Waals surface area (Å²) in [5.41, 5.74) is 4.97. The molecule has 2 aromatic carbocycles. The summed E-state index contributed by atoms with van der Waals surface area (Å²) in [5, 5.41) is 8.76. The van der Waals surface area contributed by atoms with Crippen LogP contribution in [0.5, 0.6) is 5.88 Å². The number of rotatable bonds is 7. The smallest absolute Gasteiger partial charge is 0.341 e. The van der Waals surface area contributed by atoms with Crippen LogP contribution in [0.1, 0.15) is 22.8 Å². The van der Waals surface area contributed by atoms with E-state index in [1.807, 2.05) is 35.0 Å². The van der Waals surface area contributed by atoms with Crippen LogP contribution in [0.15, 0.2) is 73.2 Å². The number of fused-ring (bicyclic) bond motifs is 1. The zero-order valence-electron chi connectivity index (χ0n) is 18.8. The summed E-state index contributed by atoms with van der Waals surface area (Å²) >= 11 is 0. The highest BCUT2D eigenvalue weighted by Gasteiger charge is 2.18. The summed E-state index contributed by atoms with van der Waals surface area (Å²) in [6.45, 7) is 2.55. The second-order valence-electron chi connectivity index (χ2n) is 7.49. The summed E-state index contributed by atoms with van der Waals surface area (Å²) in [6, 6.07) is 18.4. The number of carbonyl (C=O) groups is 1. The zero-order chi connectivity index (χ0) is 23.5. The van der Waals surface area contributed by atoms with E-state index in [-0.39, 0.29) is 12.6 Å². The molecule has 0 radical (unpaired) electrons. The van der Waals surface area contributed by atoms with Crippen molar-refractivity contribution < 1.29 is 14.3 Å². The van der Waals surface area contributed by atoms with Crippen LogP contribution < -0.4 is 4.74 Å². The fourth-order valence-corrected chi connectivity index (χ4v) is 3.79. The molecule has 3 aromatic heterocycles. The van der Waals surface area contributed by atoms with Crippen molar-refractivity contribution in [3.8, 4) is 23.0 Å². The van der Waals surface area contributed by atoms with Crippen molar-refractivity contribution in [2.45, 2.75) is 13.5 Å². The van der Waals surface area contributed by atoms with E-state index in [2.05, 4.69) is 44.4 Å². The predicted molar refractivity (Wildman–Crippen MR) is 126 cm³/mol. The highest BCUT2D eigenvalue weighted by atomic mass is 16.5. The molecule has 0 bridgehead atoms. The molecule has 9 nitrogen and oxygen atoms in total. The van der Waals surface area contributed by atoms with Crippen molar-refractivity contribution >= 4 is 17.0 Å². The van der Waals surface area contributed by atoms with E-state index in [1.54, 1.807) is 20.2 Å². The Morgan fingerprint density at radius 3 is 2.56 bits per heavy atom. The molecule has 0 N–H and O–H groups in total. The lowest BCUT2D eigenvalue weighted by atomic mass is 10.00. The molecular formula is C25H22N6O3. The molecule has 34 heavy (non-hydrogen) atoms. The molecule has 0 atom stereocenters. The van der Waals surface area contributed by atoms with Gasteiger partial charge in [0.2, 0.25) is 5.88 Å². The SMILES string of the molecule is CCOC(=O)c1cnn(-c2nc(OC)c3c(cnn3Cc3ccccc3-c3ccccc3)n2)c1. The van der Waals surface area contributed by atoms with E-state index in [0.29, 0.717) is 29.0 Å². The van der Waals surface area contributed by atoms with Crippen molar-refractivity contribution in [3.63, 3.8) is 0 Å². The molecule has 0 saturated carbocycles. The Labute approximate surface area is 195 Å².